The lowest BCUT2D eigenvalue weighted by Crippen LogP contribution is -2.23. The Kier molecular flexibility index (Phi) is 4.79. The van der Waals surface area contributed by atoms with E-state index in [1.54, 1.807) is 6.26 Å². The molecule has 2 aromatic heterocycles. The minimum atomic E-state index is 0.0117. The number of carbonyl (C=O) groups is 1. The molecule has 3 aromatic rings. The van der Waals surface area contributed by atoms with Gasteiger partial charge in [0, 0.05) is 30.6 Å². The van der Waals surface area contributed by atoms with Crippen molar-refractivity contribution in [1.29, 1.82) is 0 Å². The first-order valence-electron chi connectivity index (χ1n) is 8.05. The molecule has 3 rings (SSSR count). The summed E-state index contributed by atoms with van der Waals surface area (Å²) in [6.45, 7) is 4.48. The van der Waals surface area contributed by atoms with Gasteiger partial charge < -0.3 is 9.73 Å². The molecular formula is C19H21N3O2. The van der Waals surface area contributed by atoms with Gasteiger partial charge in [-0.15, -0.1) is 0 Å². The van der Waals surface area contributed by atoms with Crippen molar-refractivity contribution < 1.29 is 9.21 Å². The molecule has 2 heterocycles. The first-order valence-corrected chi connectivity index (χ1v) is 8.05. The fourth-order valence-corrected chi connectivity index (χ4v) is 2.72. The van der Waals surface area contributed by atoms with Crippen LogP contribution in [0.2, 0.25) is 0 Å². The zero-order valence-electron chi connectivity index (χ0n) is 14.0. The quantitative estimate of drug-likeness (QED) is 0.757. The minimum absolute atomic E-state index is 0.0117. The number of para-hydroxylation sites is 1. The van der Waals surface area contributed by atoms with Crippen molar-refractivity contribution >= 4 is 5.91 Å². The van der Waals surface area contributed by atoms with Crippen LogP contribution in [0, 0.1) is 13.8 Å². The Morgan fingerprint density at radius 1 is 1.17 bits per heavy atom. The van der Waals surface area contributed by atoms with E-state index in [1.165, 1.54) is 0 Å². The molecule has 24 heavy (non-hydrogen) atoms. The number of furan rings is 1. The number of nitrogens with one attached hydrogen (secondary N) is 1. The second-order valence-electron chi connectivity index (χ2n) is 5.75. The third kappa shape index (κ3) is 3.56. The maximum atomic E-state index is 12.0. The Morgan fingerprint density at radius 3 is 2.67 bits per heavy atom. The van der Waals surface area contributed by atoms with E-state index >= 15 is 0 Å². The van der Waals surface area contributed by atoms with E-state index in [0.717, 1.165) is 28.4 Å². The van der Waals surface area contributed by atoms with Gasteiger partial charge >= 0.3 is 0 Å². The lowest BCUT2D eigenvalue weighted by Gasteiger charge is -2.07. The van der Waals surface area contributed by atoms with Gasteiger partial charge in [0.25, 0.3) is 0 Å². The van der Waals surface area contributed by atoms with Crippen molar-refractivity contribution in [2.24, 2.45) is 0 Å². The van der Waals surface area contributed by atoms with E-state index in [-0.39, 0.29) is 5.91 Å². The molecule has 0 fully saturated rings. The first kappa shape index (κ1) is 16.1. The highest BCUT2D eigenvalue weighted by Gasteiger charge is 2.13. The van der Waals surface area contributed by atoms with E-state index in [9.17, 15) is 4.79 Å². The Hall–Kier alpha value is -2.82. The molecule has 1 N–H and O–H groups in total. The molecule has 0 bridgehead atoms. The van der Waals surface area contributed by atoms with Gasteiger partial charge in [-0.05, 0) is 38.1 Å². The number of hydrogen-bond acceptors (Lipinski definition) is 3. The van der Waals surface area contributed by atoms with Gasteiger partial charge in [-0.1, -0.05) is 18.2 Å². The molecule has 0 aliphatic carbocycles. The van der Waals surface area contributed by atoms with Crippen molar-refractivity contribution in [2.75, 3.05) is 0 Å². The average molecular weight is 323 g/mol. The molecule has 0 spiro atoms. The Bertz CT molecular complexity index is 805. The summed E-state index contributed by atoms with van der Waals surface area (Å²) in [5.41, 5.74) is 4.06. The second kappa shape index (κ2) is 7.17. The molecule has 0 radical (unpaired) electrons. The average Bonchev–Trinajstić information content (AvgIpc) is 3.21. The molecule has 124 valence electrons. The van der Waals surface area contributed by atoms with Crippen LogP contribution < -0.4 is 5.32 Å². The van der Waals surface area contributed by atoms with Crippen LogP contribution >= 0.6 is 0 Å². The number of hydrogen-bond donors (Lipinski definition) is 1. The molecule has 0 saturated heterocycles. The summed E-state index contributed by atoms with van der Waals surface area (Å²) >= 11 is 0. The Morgan fingerprint density at radius 2 is 1.96 bits per heavy atom. The lowest BCUT2D eigenvalue weighted by molar-refractivity contribution is -0.121. The number of benzene rings is 1. The van der Waals surface area contributed by atoms with Crippen LogP contribution in [0.4, 0.5) is 0 Å². The van der Waals surface area contributed by atoms with Crippen molar-refractivity contribution in [3.63, 3.8) is 0 Å². The third-order valence-electron chi connectivity index (χ3n) is 4.08. The molecule has 0 saturated carbocycles. The van der Waals surface area contributed by atoms with Crippen molar-refractivity contribution in [2.45, 2.75) is 33.2 Å². The number of aryl methyl sites for hydroxylation is 2. The second-order valence-corrected chi connectivity index (χ2v) is 5.75. The summed E-state index contributed by atoms with van der Waals surface area (Å²) in [5, 5.41) is 7.57. The van der Waals surface area contributed by atoms with Crippen LogP contribution in [0.15, 0.2) is 53.1 Å². The fourth-order valence-electron chi connectivity index (χ4n) is 2.72. The standard InChI is InChI=1S/C19H21N3O2/c1-14-18(13-20-19(23)11-10-17-9-6-12-24-17)15(2)22(21-14)16-7-4-3-5-8-16/h3-9,12H,10-11,13H2,1-2H3,(H,20,23). The molecule has 1 aromatic carbocycles. The van der Waals surface area contributed by atoms with Crippen LogP contribution in [0.5, 0.6) is 0 Å². The van der Waals surface area contributed by atoms with Gasteiger partial charge in [0.05, 0.1) is 17.6 Å². The van der Waals surface area contributed by atoms with Gasteiger partial charge in [-0.3, -0.25) is 4.79 Å². The van der Waals surface area contributed by atoms with Crippen LogP contribution in [-0.2, 0) is 17.8 Å². The van der Waals surface area contributed by atoms with Crippen LogP contribution in [0.25, 0.3) is 5.69 Å². The van der Waals surface area contributed by atoms with Gasteiger partial charge in [-0.2, -0.15) is 5.10 Å². The van der Waals surface area contributed by atoms with E-state index in [4.69, 9.17) is 4.42 Å². The van der Waals surface area contributed by atoms with Crippen molar-refractivity contribution in [1.82, 2.24) is 15.1 Å². The van der Waals surface area contributed by atoms with Gasteiger partial charge in [-0.25, -0.2) is 4.68 Å². The highest BCUT2D eigenvalue weighted by atomic mass is 16.3. The van der Waals surface area contributed by atoms with Crippen molar-refractivity contribution in [3.05, 3.63) is 71.4 Å². The zero-order valence-corrected chi connectivity index (χ0v) is 14.0. The van der Waals surface area contributed by atoms with E-state index in [0.29, 0.717) is 19.4 Å². The Labute approximate surface area is 141 Å². The molecule has 0 aliphatic rings. The molecule has 1 amide bonds. The van der Waals surface area contributed by atoms with Gasteiger partial charge in [0.1, 0.15) is 5.76 Å². The maximum Gasteiger partial charge on any atom is 0.220 e. The number of carbonyl (C=O) groups excluding carboxylic acids is 1. The molecule has 0 atom stereocenters. The summed E-state index contributed by atoms with van der Waals surface area (Å²) in [4.78, 5) is 12.0. The fraction of sp³-hybridized carbons (Fsp3) is 0.263. The monoisotopic (exact) mass is 323 g/mol. The van der Waals surface area contributed by atoms with E-state index in [1.807, 2.05) is 61.0 Å². The van der Waals surface area contributed by atoms with E-state index in [2.05, 4.69) is 10.4 Å². The minimum Gasteiger partial charge on any atom is -0.469 e. The number of amides is 1. The van der Waals surface area contributed by atoms with Crippen molar-refractivity contribution in [3.8, 4) is 5.69 Å². The van der Waals surface area contributed by atoms with E-state index < -0.39 is 0 Å². The molecule has 0 aliphatic heterocycles. The molecule has 0 unspecified atom stereocenters. The number of nitrogens with zero attached hydrogens (tertiary/aromatic N) is 2. The smallest absolute Gasteiger partial charge is 0.220 e. The molecular weight excluding hydrogens is 302 g/mol. The summed E-state index contributed by atoms with van der Waals surface area (Å²) < 4.78 is 7.16. The number of rotatable bonds is 6. The first-order chi connectivity index (χ1) is 11.6. The van der Waals surface area contributed by atoms with Crippen LogP contribution in [-0.4, -0.2) is 15.7 Å². The number of aromatic nitrogens is 2. The summed E-state index contributed by atoms with van der Waals surface area (Å²) in [6.07, 6.45) is 2.65. The molecule has 5 nitrogen and oxygen atoms in total. The largest absolute Gasteiger partial charge is 0.469 e. The zero-order chi connectivity index (χ0) is 16.9. The SMILES string of the molecule is Cc1nn(-c2ccccc2)c(C)c1CNC(=O)CCc1ccco1. The van der Waals surface area contributed by atoms with Gasteiger partial charge in [0.2, 0.25) is 5.91 Å². The molecule has 5 heteroatoms. The van der Waals surface area contributed by atoms with Crippen LogP contribution in [0.1, 0.15) is 29.1 Å². The highest BCUT2D eigenvalue weighted by molar-refractivity contribution is 5.76. The normalized spacial score (nSPS) is 10.8. The predicted molar refractivity (Wildman–Crippen MR) is 91.9 cm³/mol. The summed E-state index contributed by atoms with van der Waals surface area (Å²) in [7, 11) is 0. The topological polar surface area (TPSA) is 60.1 Å². The Balaban J connectivity index is 1.63. The third-order valence-corrected chi connectivity index (χ3v) is 4.08. The summed E-state index contributed by atoms with van der Waals surface area (Å²) in [6, 6.07) is 13.7. The van der Waals surface area contributed by atoms with Crippen LogP contribution in [0.3, 0.4) is 0 Å². The lowest BCUT2D eigenvalue weighted by atomic mass is 10.2. The predicted octanol–water partition coefficient (Wildman–Crippen LogP) is 3.33. The highest BCUT2D eigenvalue weighted by Crippen LogP contribution is 2.17. The maximum absolute atomic E-state index is 12.0. The van der Waals surface area contributed by atoms with Gasteiger partial charge in [0.15, 0.2) is 0 Å². The summed E-state index contributed by atoms with van der Waals surface area (Å²) in [5.74, 6) is 0.840.